The largest absolute Gasteiger partial charge is 0.397 e. The molecular weight excluding hydrogens is 210 g/mol. The highest BCUT2D eigenvalue weighted by Crippen LogP contribution is 2.32. The topological polar surface area (TPSA) is 42.1 Å². The van der Waals surface area contributed by atoms with E-state index in [-0.39, 0.29) is 0 Å². The number of rotatable bonds is 1. The first-order valence-electron chi connectivity index (χ1n) is 5.91. The minimum atomic E-state index is 0.707. The van der Waals surface area contributed by atoms with Crippen molar-refractivity contribution in [3.8, 4) is 0 Å². The van der Waals surface area contributed by atoms with E-state index in [4.69, 9.17) is 5.73 Å². The number of nitrogens with zero attached hydrogens (tertiary/aromatic N) is 2. The van der Waals surface area contributed by atoms with Crippen LogP contribution in [-0.2, 0) is 6.42 Å². The summed E-state index contributed by atoms with van der Waals surface area (Å²) in [5.74, 6) is 0.978. The molecule has 3 heteroatoms. The Bertz CT molecular complexity index is 519. The van der Waals surface area contributed by atoms with Crippen LogP contribution in [0.15, 0.2) is 42.6 Å². The van der Waals surface area contributed by atoms with Gasteiger partial charge in [-0.25, -0.2) is 4.98 Å². The van der Waals surface area contributed by atoms with Crippen molar-refractivity contribution < 1.29 is 0 Å². The summed E-state index contributed by atoms with van der Waals surface area (Å²) in [4.78, 5) is 6.66. The van der Waals surface area contributed by atoms with E-state index in [1.165, 1.54) is 17.7 Å². The number of nitrogens with two attached hydrogens (primary N) is 1. The molecule has 1 aliphatic heterocycles. The summed E-state index contributed by atoms with van der Waals surface area (Å²) in [6.45, 7) is 1.02. The highest BCUT2D eigenvalue weighted by molar-refractivity contribution is 5.65. The van der Waals surface area contributed by atoms with Gasteiger partial charge >= 0.3 is 0 Å². The third-order valence-corrected chi connectivity index (χ3v) is 3.16. The Balaban J connectivity index is 2.03. The van der Waals surface area contributed by atoms with E-state index in [0.29, 0.717) is 5.69 Å². The molecule has 0 bridgehead atoms. The van der Waals surface area contributed by atoms with E-state index >= 15 is 0 Å². The molecule has 0 atom stereocenters. The van der Waals surface area contributed by atoms with Crippen molar-refractivity contribution >= 4 is 17.2 Å². The Hall–Kier alpha value is -2.03. The second kappa shape index (κ2) is 4.09. The van der Waals surface area contributed by atoms with Crippen LogP contribution >= 0.6 is 0 Å². The fraction of sp³-hybridized carbons (Fsp3) is 0.214. The molecule has 2 aromatic rings. The van der Waals surface area contributed by atoms with Crippen LogP contribution in [-0.4, -0.2) is 11.5 Å². The normalized spacial score (nSPS) is 14.5. The summed E-state index contributed by atoms with van der Waals surface area (Å²) in [5, 5.41) is 0. The molecular formula is C14H15N3. The first-order chi connectivity index (χ1) is 8.34. The van der Waals surface area contributed by atoms with Gasteiger partial charge in [0.2, 0.25) is 0 Å². The number of pyridine rings is 1. The summed E-state index contributed by atoms with van der Waals surface area (Å²) in [7, 11) is 0. The molecule has 86 valence electrons. The number of nitrogen functional groups attached to an aromatic ring is 1. The lowest BCUT2D eigenvalue weighted by Gasteiger charge is -2.30. The van der Waals surface area contributed by atoms with E-state index in [0.717, 1.165) is 18.8 Å². The standard InChI is InChI=1S/C14H15N3/c15-12-7-8-14(16-10-12)17-9-3-5-11-4-1-2-6-13(11)17/h1-2,4,6-8,10H,3,5,9,15H2. The number of fused-ring (bicyclic) bond motifs is 1. The van der Waals surface area contributed by atoms with E-state index in [9.17, 15) is 0 Å². The van der Waals surface area contributed by atoms with Crippen molar-refractivity contribution in [2.75, 3.05) is 17.2 Å². The number of para-hydroxylation sites is 1. The number of hydrogen-bond donors (Lipinski definition) is 1. The van der Waals surface area contributed by atoms with Crippen LogP contribution in [0.2, 0.25) is 0 Å². The molecule has 0 amide bonds. The second-order valence-corrected chi connectivity index (χ2v) is 4.33. The van der Waals surface area contributed by atoms with Gasteiger partial charge in [-0.15, -0.1) is 0 Å². The van der Waals surface area contributed by atoms with Crippen LogP contribution in [0.1, 0.15) is 12.0 Å². The Labute approximate surface area is 101 Å². The maximum Gasteiger partial charge on any atom is 0.133 e. The summed E-state index contributed by atoms with van der Waals surface area (Å²) < 4.78 is 0. The fourth-order valence-electron chi connectivity index (χ4n) is 2.33. The average molecular weight is 225 g/mol. The predicted molar refractivity (Wildman–Crippen MR) is 70.4 cm³/mol. The Morgan fingerprint density at radius 1 is 1.12 bits per heavy atom. The molecule has 0 saturated heterocycles. The van der Waals surface area contributed by atoms with Crippen molar-refractivity contribution in [1.29, 1.82) is 0 Å². The zero-order valence-electron chi connectivity index (χ0n) is 9.63. The molecule has 3 rings (SSSR count). The Morgan fingerprint density at radius 2 is 2.00 bits per heavy atom. The minimum Gasteiger partial charge on any atom is -0.397 e. The lowest BCUT2D eigenvalue weighted by molar-refractivity contribution is 0.760. The number of aryl methyl sites for hydroxylation is 1. The maximum absolute atomic E-state index is 5.67. The van der Waals surface area contributed by atoms with E-state index in [1.54, 1.807) is 6.20 Å². The third kappa shape index (κ3) is 1.84. The van der Waals surface area contributed by atoms with Gasteiger partial charge in [0.25, 0.3) is 0 Å². The number of anilines is 3. The molecule has 2 N–H and O–H groups in total. The molecule has 3 nitrogen and oxygen atoms in total. The molecule has 0 unspecified atom stereocenters. The maximum atomic E-state index is 5.67. The van der Waals surface area contributed by atoms with Gasteiger partial charge in [-0.05, 0) is 36.6 Å². The van der Waals surface area contributed by atoms with Gasteiger partial charge in [-0.2, -0.15) is 0 Å². The first kappa shape index (κ1) is 10.1. The van der Waals surface area contributed by atoms with Gasteiger partial charge in [-0.1, -0.05) is 18.2 Å². The number of aromatic nitrogens is 1. The molecule has 17 heavy (non-hydrogen) atoms. The summed E-state index contributed by atoms with van der Waals surface area (Å²) in [5.41, 5.74) is 9.05. The van der Waals surface area contributed by atoms with Gasteiger partial charge in [-0.3, -0.25) is 0 Å². The molecule has 0 radical (unpaired) electrons. The SMILES string of the molecule is Nc1ccc(N2CCCc3ccccc32)nc1. The predicted octanol–water partition coefficient (Wildman–Crippen LogP) is 2.75. The first-order valence-corrected chi connectivity index (χ1v) is 5.91. The summed E-state index contributed by atoms with van der Waals surface area (Å²) in [6.07, 6.45) is 4.04. The highest BCUT2D eigenvalue weighted by Gasteiger charge is 2.18. The molecule has 0 spiro atoms. The van der Waals surface area contributed by atoms with E-state index < -0.39 is 0 Å². The molecule has 0 saturated carbocycles. The summed E-state index contributed by atoms with van der Waals surface area (Å²) >= 11 is 0. The van der Waals surface area contributed by atoms with Crippen LogP contribution in [0.3, 0.4) is 0 Å². The molecule has 0 aliphatic carbocycles. The molecule has 1 aliphatic rings. The highest BCUT2D eigenvalue weighted by atomic mass is 15.2. The van der Waals surface area contributed by atoms with Crippen molar-refractivity contribution in [3.05, 3.63) is 48.2 Å². The number of hydrogen-bond acceptors (Lipinski definition) is 3. The molecule has 0 fully saturated rings. The molecule has 1 aromatic carbocycles. The van der Waals surface area contributed by atoms with Crippen LogP contribution in [0, 0.1) is 0 Å². The van der Waals surface area contributed by atoms with Crippen LogP contribution < -0.4 is 10.6 Å². The molecule has 2 heterocycles. The van der Waals surface area contributed by atoms with Gasteiger partial charge in [0.1, 0.15) is 5.82 Å². The Kier molecular flexibility index (Phi) is 2.44. The van der Waals surface area contributed by atoms with Crippen LogP contribution in [0.5, 0.6) is 0 Å². The van der Waals surface area contributed by atoms with E-state index in [2.05, 4.69) is 34.1 Å². The lowest BCUT2D eigenvalue weighted by atomic mass is 10.0. The monoisotopic (exact) mass is 225 g/mol. The van der Waals surface area contributed by atoms with Gasteiger partial charge in [0, 0.05) is 12.2 Å². The Morgan fingerprint density at radius 3 is 2.82 bits per heavy atom. The zero-order chi connectivity index (χ0) is 11.7. The van der Waals surface area contributed by atoms with Crippen molar-refractivity contribution in [1.82, 2.24) is 4.98 Å². The molecule has 1 aromatic heterocycles. The fourth-order valence-corrected chi connectivity index (χ4v) is 2.33. The van der Waals surface area contributed by atoms with E-state index in [1.807, 2.05) is 12.1 Å². The van der Waals surface area contributed by atoms with Gasteiger partial charge in [0.05, 0.1) is 11.9 Å². The van der Waals surface area contributed by atoms with Gasteiger partial charge in [0.15, 0.2) is 0 Å². The van der Waals surface area contributed by atoms with Crippen LogP contribution in [0.25, 0.3) is 0 Å². The van der Waals surface area contributed by atoms with Crippen molar-refractivity contribution in [2.45, 2.75) is 12.8 Å². The van der Waals surface area contributed by atoms with Crippen molar-refractivity contribution in [2.24, 2.45) is 0 Å². The third-order valence-electron chi connectivity index (χ3n) is 3.16. The summed E-state index contributed by atoms with van der Waals surface area (Å²) in [6, 6.07) is 12.4. The number of benzene rings is 1. The van der Waals surface area contributed by atoms with Crippen molar-refractivity contribution in [3.63, 3.8) is 0 Å². The minimum absolute atomic E-state index is 0.707. The zero-order valence-corrected chi connectivity index (χ0v) is 9.63. The van der Waals surface area contributed by atoms with Gasteiger partial charge < -0.3 is 10.6 Å². The average Bonchev–Trinajstić information content (AvgIpc) is 2.39. The quantitative estimate of drug-likeness (QED) is 0.811. The van der Waals surface area contributed by atoms with Crippen LogP contribution in [0.4, 0.5) is 17.2 Å². The lowest BCUT2D eigenvalue weighted by Crippen LogP contribution is -2.25. The smallest absolute Gasteiger partial charge is 0.133 e. The second-order valence-electron chi connectivity index (χ2n) is 4.33.